The van der Waals surface area contributed by atoms with Crippen LogP contribution in [0.25, 0.3) is 0 Å². The number of rotatable bonds is 1. The second-order valence-corrected chi connectivity index (χ2v) is 26.4. The Kier molecular flexibility index (Phi) is 4.23. The van der Waals surface area contributed by atoms with Gasteiger partial charge in [0.25, 0.3) is 0 Å². The molecule has 0 aromatic carbocycles. The van der Waals surface area contributed by atoms with Crippen LogP contribution in [0, 0.1) is 0 Å². The van der Waals surface area contributed by atoms with E-state index >= 15 is 0 Å². The zero-order chi connectivity index (χ0) is 12.7. The van der Waals surface area contributed by atoms with E-state index < -0.39 is 18.4 Å². The Balaban J connectivity index is 5.89. The summed E-state index contributed by atoms with van der Waals surface area (Å²) < 4.78 is 3.67. The first-order valence-electron chi connectivity index (χ1n) is 5.95. The standard InChI is InChI=1S/3C4H9.C2H3.Sn/c3*1-4(2)3;1-2;/h3*1-3H3;1H,2H2;. The molecule has 0 heterocycles. The molecule has 0 saturated carbocycles. The van der Waals surface area contributed by atoms with Gasteiger partial charge in [-0.05, 0) is 0 Å². The molecule has 0 aliphatic carbocycles. The van der Waals surface area contributed by atoms with Crippen LogP contribution in [-0.2, 0) is 0 Å². The summed E-state index contributed by atoms with van der Waals surface area (Å²) in [6.45, 7) is 26.0. The maximum absolute atomic E-state index is 4.23. The first-order chi connectivity index (χ1) is 6.31. The van der Waals surface area contributed by atoms with Crippen LogP contribution in [0.5, 0.6) is 0 Å². The van der Waals surface area contributed by atoms with Crippen LogP contribution in [0.4, 0.5) is 0 Å². The summed E-state index contributed by atoms with van der Waals surface area (Å²) in [5.41, 5.74) is 0. The Morgan fingerprint density at radius 3 is 0.867 bits per heavy atom. The molecule has 0 bridgehead atoms. The fourth-order valence-corrected chi connectivity index (χ4v) is 28.8. The molecule has 0 saturated heterocycles. The molecule has 0 nitrogen and oxygen atoms in total. The van der Waals surface area contributed by atoms with E-state index in [-0.39, 0.29) is 0 Å². The molecular weight excluding hydrogens is 287 g/mol. The van der Waals surface area contributed by atoms with Gasteiger partial charge in [0.05, 0.1) is 0 Å². The van der Waals surface area contributed by atoms with Crippen LogP contribution in [0.1, 0.15) is 62.3 Å². The van der Waals surface area contributed by atoms with Crippen molar-refractivity contribution >= 4 is 18.4 Å². The van der Waals surface area contributed by atoms with Gasteiger partial charge in [-0.25, -0.2) is 0 Å². The van der Waals surface area contributed by atoms with Gasteiger partial charge in [0.15, 0.2) is 0 Å². The van der Waals surface area contributed by atoms with Gasteiger partial charge in [-0.2, -0.15) is 0 Å². The molecule has 0 N–H and O–H groups in total. The van der Waals surface area contributed by atoms with Crippen LogP contribution in [0.2, 0.25) is 10.3 Å². The molecule has 0 radical (unpaired) electrons. The SMILES string of the molecule is C=[CH][Sn]([C](C)(C)C)([C](C)(C)C)[C](C)(C)C. The van der Waals surface area contributed by atoms with E-state index in [0.717, 1.165) is 0 Å². The molecule has 0 fully saturated rings. The average molecular weight is 317 g/mol. The van der Waals surface area contributed by atoms with E-state index in [0.29, 0.717) is 10.3 Å². The fraction of sp³-hybridized carbons (Fsp3) is 0.857. The van der Waals surface area contributed by atoms with Gasteiger partial charge in [0.2, 0.25) is 0 Å². The van der Waals surface area contributed by atoms with E-state index in [4.69, 9.17) is 0 Å². The third-order valence-electron chi connectivity index (χ3n) is 3.86. The minimum absolute atomic E-state index is 0.424. The van der Waals surface area contributed by atoms with Crippen LogP contribution in [0.15, 0.2) is 10.7 Å². The second kappa shape index (κ2) is 4.09. The molecule has 15 heavy (non-hydrogen) atoms. The van der Waals surface area contributed by atoms with Gasteiger partial charge < -0.3 is 0 Å². The van der Waals surface area contributed by atoms with Gasteiger partial charge in [-0.3, -0.25) is 0 Å². The zero-order valence-corrected chi connectivity index (χ0v) is 15.1. The number of hydrogen-bond donors (Lipinski definition) is 0. The van der Waals surface area contributed by atoms with E-state index in [2.05, 4.69) is 73.0 Å². The Labute approximate surface area is 101 Å². The maximum atomic E-state index is 4.23. The van der Waals surface area contributed by atoms with Crippen molar-refractivity contribution in [1.82, 2.24) is 0 Å². The molecule has 0 aliphatic rings. The third kappa shape index (κ3) is 2.45. The summed E-state index contributed by atoms with van der Waals surface area (Å²) >= 11 is -2.50. The van der Waals surface area contributed by atoms with Crippen LogP contribution in [-0.4, -0.2) is 18.4 Å². The molecule has 0 rings (SSSR count). The number of hydrogen-bond acceptors (Lipinski definition) is 0. The molecule has 0 aromatic heterocycles. The average Bonchev–Trinajstić information content (AvgIpc) is 1.76. The molecule has 0 aromatic rings. The predicted molar refractivity (Wildman–Crippen MR) is 75.1 cm³/mol. The summed E-state index contributed by atoms with van der Waals surface area (Å²) in [7, 11) is 0. The summed E-state index contributed by atoms with van der Waals surface area (Å²) in [5.74, 6) is 0. The quantitative estimate of drug-likeness (QED) is 0.555. The zero-order valence-electron chi connectivity index (χ0n) is 12.3. The Hall–Kier alpha value is 0.539. The van der Waals surface area contributed by atoms with E-state index in [1.54, 1.807) is 0 Å². The van der Waals surface area contributed by atoms with Gasteiger partial charge in [0, 0.05) is 0 Å². The molecule has 0 spiro atoms. The van der Waals surface area contributed by atoms with Gasteiger partial charge in [-0.15, -0.1) is 0 Å². The van der Waals surface area contributed by atoms with Crippen molar-refractivity contribution in [3.05, 3.63) is 10.7 Å². The Morgan fingerprint density at radius 1 is 0.667 bits per heavy atom. The summed E-state index contributed by atoms with van der Waals surface area (Å²) in [5, 5.41) is 0. The van der Waals surface area contributed by atoms with E-state index in [9.17, 15) is 0 Å². The van der Waals surface area contributed by atoms with Crippen molar-refractivity contribution < 1.29 is 0 Å². The van der Waals surface area contributed by atoms with Gasteiger partial charge in [0.1, 0.15) is 0 Å². The van der Waals surface area contributed by atoms with Crippen molar-refractivity contribution in [3.63, 3.8) is 0 Å². The molecule has 1 heteroatoms. The molecular formula is C14H30Sn. The van der Waals surface area contributed by atoms with Gasteiger partial charge in [-0.1, -0.05) is 0 Å². The van der Waals surface area contributed by atoms with E-state index in [1.807, 2.05) is 0 Å². The minimum atomic E-state index is -2.50. The van der Waals surface area contributed by atoms with E-state index in [1.165, 1.54) is 0 Å². The molecule has 0 amide bonds. The summed E-state index contributed by atoms with van der Waals surface area (Å²) in [6, 6.07) is 0. The third-order valence-corrected chi connectivity index (χ3v) is 25.9. The topological polar surface area (TPSA) is 0 Å². The van der Waals surface area contributed by atoms with Gasteiger partial charge >= 0.3 is 102 Å². The predicted octanol–water partition coefficient (Wildman–Crippen LogP) is 5.56. The van der Waals surface area contributed by atoms with Crippen molar-refractivity contribution in [2.45, 2.75) is 72.6 Å². The first-order valence-corrected chi connectivity index (χ1v) is 11.9. The van der Waals surface area contributed by atoms with Crippen molar-refractivity contribution in [2.24, 2.45) is 0 Å². The normalized spacial score (nSPS) is 15.3. The first kappa shape index (κ1) is 15.5. The van der Waals surface area contributed by atoms with Crippen molar-refractivity contribution in [3.8, 4) is 0 Å². The second-order valence-electron chi connectivity index (χ2n) is 7.76. The van der Waals surface area contributed by atoms with Crippen molar-refractivity contribution in [1.29, 1.82) is 0 Å². The fourth-order valence-electron chi connectivity index (χ4n) is 4.29. The Bertz CT molecular complexity index is 193. The monoisotopic (exact) mass is 318 g/mol. The Morgan fingerprint density at radius 2 is 0.867 bits per heavy atom. The molecule has 0 unspecified atom stereocenters. The summed E-state index contributed by atoms with van der Waals surface area (Å²) in [4.78, 5) is 0. The van der Waals surface area contributed by atoms with Crippen LogP contribution < -0.4 is 0 Å². The summed E-state index contributed by atoms with van der Waals surface area (Å²) in [6.07, 6.45) is 0. The van der Waals surface area contributed by atoms with Crippen molar-refractivity contribution in [2.75, 3.05) is 0 Å². The molecule has 90 valence electrons. The van der Waals surface area contributed by atoms with Crippen LogP contribution in [0.3, 0.4) is 0 Å². The molecule has 0 aliphatic heterocycles. The van der Waals surface area contributed by atoms with Crippen LogP contribution >= 0.6 is 0 Å². The molecule has 0 atom stereocenters.